The average molecular weight is 224 g/mol. The van der Waals surface area contributed by atoms with Gasteiger partial charge in [-0.3, -0.25) is 0 Å². The lowest BCUT2D eigenvalue weighted by atomic mass is 10.3. The summed E-state index contributed by atoms with van der Waals surface area (Å²) in [6.07, 6.45) is 5.44. The van der Waals surface area contributed by atoms with E-state index in [1.165, 1.54) is 0 Å². The van der Waals surface area contributed by atoms with Crippen LogP contribution in [0.5, 0.6) is 0 Å². The van der Waals surface area contributed by atoms with E-state index in [2.05, 4.69) is 0 Å². The molecule has 0 heterocycles. The van der Waals surface area contributed by atoms with Crippen LogP contribution in [0.4, 0.5) is 0 Å². The minimum absolute atomic E-state index is 0.188. The van der Waals surface area contributed by atoms with Crippen molar-refractivity contribution in [1.29, 1.82) is 0 Å². The van der Waals surface area contributed by atoms with Crippen molar-refractivity contribution in [2.45, 2.75) is 24.7 Å². The van der Waals surface area contributed by atoms with Crippen molar-refractivity contribution in [2.24, 2.45) is 0 Å². The zero-order valence-electron chi connectivity index (χ0n) is 8.89. The van der Waals surface area contributed by atoms with Gasteiger partial charge in [0.2, 0.25) is 0 Å². The first-order chi connectivity index (χ1) is 7.17. The Morgan fingerprint density at radius 2 is 1.80 bits per heavy atom. The lowest BCUT2D eigenvalue weighted by Crippen LogP contribution is -2.05. The largest absolute Gasteiger partial charge is 0.224 e. The summed E-state index contributed by atoms with van der Waals surface area (Å²) < 4.78 is 23.5. The quantitative estimate of drug-likeness (QED) is 0.721. The highest BCUT2D eigenvalue weighted by Crippen LogP contribution is 2.11. The van der Waals surface area contributed by atoms with Gasteiger partial charge in [0.1, 0.15) is 0 Å². The van der Waals surface area contributed by atoms with Crippen LogP contribution in [-0.4, -0.2) is 14.2 Å². The second-order valence-corrected chi connectivity index (χ2v) is 5.41. The molecule has 0 saturated carbocycles. The number of hydrogen-bond acceptors (Lipinski definition) is 2. The summed E-state index contributed by atoms with van der Waals surface area (Å²) >= 11 is 0. The molecule has 0 aliphatic carbocycles. The first-order valence-corrected chi connectivity index (χ1v) is 6.75. The molecule has 0 N–H and O–H groups in total. The number of sulfone groups is 1. The molecule has 1 aromatic rings. The van der Waals surface area contributed by atoms with Crippen molar-refractivity contribution in [3.8, 4) is 0 Å². The summed E-state index contributed by atoms with van der Waals surface area (Å²) in [6.45, 7) is 2.03. The highest BCUT2D eigenvalue weighted by atomic mass is 32.2. The zero-order chi connectivity index (χ0) is 11.1. The van der Waals surface area contributed by atoms with Gasteiger partial charge in [-0.25, -0.2) is 8.42 Å². The van der Waals surface area contributed by atoms with Crippen molar-refractivity contribution in [2.75, 3.05) is 5.75 Å². The van der Waals surface area contributed by atoms with Gasteiger partial charge in [0.05, 0.1) is 10.6 Å². The standard InChI is InChI=1S/C12H16O2S/c1-2-3-4-8-11-15(13,14)12-9-6-5-7-10-12/h3-7,9-10H,2,8,11H2,1H3/b4-3+. The van der Waals surface area contributed by atoms with Crippen LogP contribution in [-0.2, 0) is 9.84 Å². The summed E-state index contributed by atoms with van der Waals surface area (Å²) in [6, 6.07) is 8.58. The normalized spacial score (nSPS) is 12.1. The maximum atomic E-state index is 11.8. The van der Waals surface area contributed by atoms with Gasteiger partial charge >= 0.3 is 0 Å². The molecule has 0 radical (unpaired) electrons. The predicted octanol–water partition coefficient (Wildman–Crippen LogP) is 2.82. The van der Waals surface area contributed by atoms with E-state index in [0.29, 0.717) is 11.3 Å². The highest BCUT2D eigenvalue weighted by molar-refractivity contribution is 7.91. The van der Waals surface area contributed by atoms with Crippen LogP contribution in [0, 0.1) is 0 Å². The van der Waals surface area contributed by atoms with E-state index >= 15 is 0 Å². The van der Waals surface area contributed by atoms with Gasteiger partial charge in [-0.1, -0.05) is 37.3 Å². The van der Waals surface area contributed by atoms with E-state index < -0.39 is 9.84 Å². The van der Waals surface area contributed by atoms with E-state index in [4.69, 9.17) is 0 Å². The average Bonchev–Trinajstić information content (AvgIpc) is 2.26. The lowest BCUT2D eigenvalue weighted by Gasteiger charge is -2.01. The first kappa shape index (κ1) is 12.0. The molecule has 0 aliphatic heterocycles. The van der Waals surface area contributed by atoms with E-state index in [0.717, 1.165) is 6.42 Å². The van der Waals surface area contributed by atoms with Crippen LogP contribution in [0.15, 0.2) is 47.4 Å². The Morgan fingerprint density at radius 1 is 1.13 bits per heavy atom. The van der Waals surface area contributed by atoms with Crippen LogP contribution >= 0.6 is 0 Å². The second-order valence-electron chi connectivity index (χ2n) is 3.30. The molecule has 0 spiro atoms. The molecule has 0 unspecified atom stereocenters. The minimum Gasteiger partial charge on any atom is -0.224 e. The molecule has 2 nitrogen and oxygen atoms in total. The lowest BCUT2D eigenvalue weighted by molar-refractivity contribution is 0.595. The summed E-state index contributed by atoms with van der Waals surface area (Å²) in [4.78, 5) is 0.412. The van der Waals surface area contributed by atoms with E-state index in [-0.39, 0.29) is 5.75 Å². The summed E-state index contributed by atoms with van der Waals surface area (Å²) in [5.74, 6) is 0.188. The van der Waals surface area contributed by atoms with Crippen LogP contribution in [0.25, 0.3) is 0 Å². The first-order valence-electron chi connectivity index (χ1n) is 5.09. The van der Waals surface area contributed by atoms with Crippen LogP contribution < -0.4 is 0 Å². The van der Waals surface area contributed by atoms with Crippen molar-refractivity contribution < 1.29 is 8.42 Å². The van der Waals surface area contributed by atoms with Gasteiger partial charge in [0.25, 0.3) is 0 Å². The maximum Gasteiger partial charge on any atom is 0.178 e. The molecule has 0 fully saturated rings. The Bertz CT molecular complexity index is 405. The molecule has 1 aromatic carbocycles. The highest BCUT2D eigenvalue weighted by Gasteiger charge is 2.11. The molecule has 15 heavy (non-hydrogen) atoms. The Kier molecular flexibility index (Phi) is 4.56. The summed E-state index contributed by atoms with van der Waals surface area (Å²) in [5.41, 5.74) is 0. The fraction of sp³-hybridized carbons (Fsp3) is 0.333. The Morgan fingerprint density at radius 3 is 2.40 bits per heavy atom. The van der Waals surface area contributed by atoms with Gasteiger partial charge in [-0.2, -0.15) is 0 Å². The summed E-state index contributed by atoms with van der Waals surface area (Å²) in [5, 5.41) is 0. The van der Waals surface area contributed by atoms with Crippen molar-refractivity contribution in [3.05, 3.63) is 42.5 Å². The van der Waals surface area contributed by atoms with E-state index in [1.54, 1.807) is 24.3 Å². The molecule has 82 valence electrons. The van der Waals surface area contributed by atoms with E-state index in [9.17, 15) is 8.42 Å². The van der Waals surface area contributed by atoms with E-state index in [1.807, 2.05) is 25.1 Å². The Balaban J connectivity index is 2.65. The fourth-order valence-electron chi connectivity index (χ4n) is 1.25. The molecule has 0 saturated heterocycles. The van der Waals surface area contributed by atoms with Crippen molar-refractivity contribution in [3.63, 3.8) is 0 Å². The molecule has 0 bridgehead atoms. The molecule has 0 amide bonds. The smallest absolute Gasteiger partial charge is 0.178 e. The third-order valence-corrected chi connectivity index (χ3v) is 3.82. The third-order valence-electron chi connectivity index (χ3n) is 2.06. The van der Waals surface area contributed by atoms with Crippen LogP contribution in [0.1, 0.15) is 19.8 Å². The Hall–Kier alpha value is -1.09. The van der Waals surface area contributed by atoms with Crippen LogP contribution in [0.3, 0.4) is 0 Å². The fourth-order valence-corrected chi connectivity index (χ4v) is 2.51. The molecular formula is C12H16O2S. The number of benzene rings is 1. The van der Waals surface area contributed by atoms with Crippen LogP contribution in [0.2, 0.25) is 0 Å². The SMILES string of the molecule is CC/C=C/CCS(=O)(=O)c1ccccc1. The second kappa shape index (κ2) is 5.71. The van der Waals surface area contributed by atoms with Gasteiger partial charge < -0.3 is 0 Å². The minimum atomic E-state index is -3.09. The number of rotatable bonds is 5. The molecule has 1 rings (SSSR count). The monoisotopic (exact) mass is 224 g/mol. The van der Waals surface area contributed by atoms with Gasteiger partial charge in [-0.15, -0.1) is 0 Å². The zero-order valence-corrected chi connectivity index (χ0v) is 9.70. The molecule has 0 aromatic heterocycles. The molecule has 0 aliphatic rings. The van der Waals surface area contributed by atoms with Gasteiger partial charge in [0.15, 0.2) is 9.84 Å². The molecular weight excluding hydrogens is 208 g/mol. The number of allylic oxidation sites excluding steroid dienone is 2. The summed E-state index contributed by atoms with van der Waals surface area (Å²) in [7, 11) is -3.09. The number of hydrogen-bond donors (Lipinski definition) is 0. The van der Waals surface area contributed by atoms with Crippen molar-refractivity contribution in [1.82, 2.24) is 0 Å². The van der Waals surface area contributed by atoms with Gasteiger partial charge in [0, 0.05) is 0 Å². The maximum absolute atomic E-state index is 11.8. The molecule has 3 heteroatoms. The molecule has 0 atom stereocenters. The van der Waals surface area contributed by atoms with Gasteiger partial charge in [-0.05, 0) is 25.0 Å². The topological polar surface area (TPSA) is 34.1 Å². The third kappa shape index (κ3) is 3.88. The Labute approximate surface area is 91.6 Å². The predicted molar refractivity (Wildman–Crippen MR) is 62.5 cm³/mol. The van der Waals surface area contributed by atoms with Crippen molar-refractivity contribution >= 4 is 9.84 Å².